The number of rotatable bonds is 5. The zero-order valence-electron chi connectivity index (χ0n) is 12.4. The van der Waals surface area contributed by atoms with Crippen molar-refractivity contribution in [1.82, 2.24) is 5.32 Å². The molecule has 0 spiro atoms. The molecule has 1 aromatic carbocycles. The normalized spacial score (nSPS) is 11.7. The molecule has 2 aromatic rings. The monoisotopic (exact) mass is 327 g/mol. The van der Waals surface area contributed by atoms with Crippen molar-refractivity contribution in [2.24, 2.45) is 0 Å². The van der Waals surface area contributed by atoms with Crippen LogP contribution in [0, 0.1) is 0 Å². The average Bonchev–Trinajstić information content (AvgIpc) is 2.82. The Morgan fingerprint density at radius 1 is 1.19 bits per heavy atom. The summed E-state index contributed by atoms with van der Waals surface area (Å²) in [5.74, 6) is 1.38. The predicted octanol–water partition coefficient (Wildman–Crippen LogP) is 5.05. The molecule has 1 heterocycles. The Kier molecular flexibility index (Phi) is 5.20. The fourth-order valence-electron chi connectivity index (χ4n) is 1.75. The number of benzene rings is 1. The molecule has 0 aliphatic heterocycles. The minimum atomic E-state index is 0.0505. The molecule has 0 aliphatic carbocycles. The van der Waals surface area contributed by atoms with Gasteiger partial charge in [-0.2, -0.15) is 0 Å². The molecule has 2 rings (SSSR count). The van der Waals surface area contributed by atoms with Crippen LogP contribution in [0.5, 0.6) is 5.75 Å². The lowest BCUT2D eigenvalue weighted by Crippen LogP contribution is -2.35. The molecule has 1 aromatic heterocycles. The highest BCUT2D eigenvalue weighted by molar-refractivity contribution is 6.35. The van der Waals surface area contributed by atoms with Gasteiger partial charge in [-0.1, -0.05) is 23.2 Å². The van der Waals surface area contributed by atoms with Crippen molar-refractivity contribution in [3.63, 3.8) is 0 Å². The molecule has 0 saturated carbocycles. The number of furan rings is 1. The van der Waals surface area contributed by atoms with E-state index in [-0.39, 0.29) is 5.54 Å². The molecule has 0 aliphatic rings. The van der Waals surface area contributed by atoms with Crippen molar-refractivity contribution in [1.29, 1.82) is 0 Å². The highest BCUT2D eigenvalue weighted by atomic mass is 35.5. The fourth-order valence-corrected chi connectivity index (χ4v) is 2.21. The zero-order valence-corrected chi connectivity index (χ0v) is 13.9. The van der Waals surface area contributed by atoms with E-state index >= 15 is 0 Å². The van der Waals surface area contributed by atoms with Crippen LogP contribution in [0.2, 0.25) is 10.0 Å². The largest absolute Gasteiger partial charge is 0.484 e. The van der Waals surface area contributed by atoms with Crippen LogP contribution in [-0.4, -0.2) is 5.54 Å². The lowest BCUT2D eigenvalue weighted by molar-refractivity contribution is 0.267. The van der Waals surface area contributed by atoms with Gasteiger partial charge in [-0.05, 0) is 45.0 Å². The van der Waals surface area contributed by atoms with Gasteiger partial charge in [0.05, 0.1) is 11.3 Å². The molecule has 5 heteroatoms. The van der Waals surface area contributed by atoms with E-state index < -0.39 is 0 Å². The lowest BCUT2D eigenvalue weighted by Gasteiger charge is -2.20. The van der Waals surface area contributed by atoms with Crippen LogP contribution >= 0.6 is 23.2 Å². The van der Waals surface area contributed by atoms with Crippen molar-refractivity contribution >= 4 is 23.2 Å². The van der Waals surface area contributed by atoms with Gasteiger partial charge in [0, 0.05) is 22.7 Å². The molecule has 0 amide bonds. The van der Waals surface area contributed by atoms with Crippen LogP contribution in [0.25, 0.3) is 0 Å². The van der Waals surface area contributed by atoms with Gasteiger partial charge in [-0.3, -0.25) is 0 Å². The molecule has 21 heavy (non-hydrogen) atoms. The summed E-state index contributed by atoms with van der Waals surface area (Å²) >= 11 is 11.9. The lowest BCUT2D eigenvalue weighted by atomic mass is 10.1. The quantitative estimate of drug-likeness (QED) is 0.834. The van der Waals surface area contributed by atoms with Crippen LogP contribution in [0.3, 0.4) is 0 Å². The Morgan fingerprint density at radius 3 is 2.62 bits per heavy atom. The Balaban J connectivity index is 1.99. The molecule has 3 nitrogen and oxygen atoms in total. The van der Waals surface area contributed by atoms with Crippen LogP contribution in [0.1, 0.15) is 32.1 Å². The number of ether oxygens (including phenoxy) is 1. The van der Waals surface area contributed by atoms with E-state index in [2.05, 4.69) is 26.1 Å². The van der Waals surface area contributed by atoms with Gasteiger partial charge in [0.15, 0.2) is 0 Å². The molecule has 0 fully saturated rings. The molecule has 0 unspecified atom stereocenters. The molecule has 0 atom stereocenters. The highest BCUT2D eigenvalue weighted by Crippen LogP contribution is 2.28. The Bertz CT molecular complexity index is 603. The maximum Gasteiger partial charge on any atom is 0.146 e. The fraction of sp³-hybridized carbons (Fsp3) is 0.375. The van der Waals surface area contributed by atoms with Crippen molar-refractivity contribution < 1.29 is 9.15 Å². The Labute approximate surface area is 135 Å². The molecule has 0 saturated heterocycles. The van der Waals surface area contributed by atoms with Gasteiger partial charge in [-0.25, -0.2) is 0 Å². The van der Waals surface area contributed by atoms with E-state index in [0.29, 0.717) is 22.4 Å². The van der Waals surface area contributed by atoms with Crippen LogP contribution in [-0.2, 0) is 13.2 Å². The minimum absolute atomic E-state index is 0.0505. The van der Waals surface area contributed by atoms with Crippen molar-refractivity contribution in [3.05, 3.63) is 51.9 Å². The van der Waals surface area contributed by atoms with E-state index in [0.717, 1.165) is 17.9 Å². The standard InChI is InChI=1S/C16H19Cl2NO2/c1-16(2,3)19-9-11-6-7-20-15(11)10-21-14-5-4-12(17)8-13(14)18/h4-8,19H,9-10H2,1-3H3. The first-order chi connectivity index (χ1) is 9.85. The third-order valence-electron chi connectivity index (χ3n) is 2.90. The summed E-state index contributed by atoms with van der Waals surface area (Å²) in [6, 6.07) is 7.09. The second kappa shape index (κ2) is 6.73. The Morgan fingerprint density at radius 2 is 1.95 bits per heavy atom. The van der Waals surface area contributed by atoms with Crippen molar-refractivity contribution in [3.8, 4) is 5.75 Å². The maximum atomic E-state index is 6.08. The van der Waals surface area contributed by atoms with Crippen molar-refractivity contribution in [2.45, 2.75) is 39.5 Å². The van der Waals surface area contributed by atoms with Crippen molar-refractivity contribution in [2.75, 3.05) is 0 Å². The van der Waals surface area contributed by atoms with E-state index in [9.17, 15) is 0 Å². The molecule has 1 N–H and O–H groups in total. The summed E-state index contributed by atoms with van der Waals surface area (Å²) < 4.78 is 11.2. The van der Waals surface area contributed by atoms with Gasteiger partial charge in [0.25, 0.3) is 0 Å². The molecular formula is C16H19Cl2NO2. The summed E-state index contributed by atoms with van der Waals surface area (Å²) in [5.41, 5.74) is 1.13. The van der Waals surface area contributed by atoms with Gasteiger partial charge in [-0.15, -0.1) is 0 Å². The molecule has 0 bridgehead atoms. The van der Waals surface area contributed by atoms with Crippen LogP contribution < -0.4 is 10.1 Å². The third-order valence-corrected chi connectivity index (χ3v) is 3.43. The number of halogens is 2. The molecule has 114 valence electrons. The molecular weight excluding hydrogens is 309 g/mol. The van der Waals surface area contributed by atoms with Gasteiger partial charge in [0.2, 0.25) is 0 Å². The summed E-state index contributed by atoms with van der Waals surface area (Å²) in [7, 11) is 0. The zero-order chi connectivity index (χ0) is 15.5. The average molecular weight is 328 g/mol. The summed E-state index contributed by atoms with van der Waals surface area (Å²) in [4.78, 5) is 0. The number of hydrogen-bond acceptors (Lipinski definition) is 3. The first-order valence-electron chi connectivity index (χ1n) is 6.73. The smallest absolute Gasteiger partial charge is 0.146 e. The number of nitrogens with one attached hydrogen (secondary N) is 1. The second-order valence-electron chi connectivity index (χ2n) is 5.84. The van der Waals surface area contributed by atoms with E-state index in [4.69, 9.17) is 32.4 Å². The third kappa shape index (κ3) is 4.95. The van der Waals surface area contributed by atoms with Crippen LogP contribution in [0.15, 0.2) is 34.9 Å². The first kappa shape index (κ1) is 16.2. The SMILES string of the molecule is CC(C)(C)NCc1ccoc1COc1ccc(Cl)cc1Cl. The molecule has 0 radical (unpaired) electrons. The predicted molar refractivity (Wildman–Crippen MR) is 86.1 cm³/mol. The van der Waals surface area contributed by atoms with Gasteiger partial charge in [0.1, 0.15) is 18.1 Å². The topological polar surface area (TPSA) is 34.4 Å². The van der Waals surface area contributed by atoms with Gasteiger partial charge >= 0.3 is 0 Å². The van der Waals surface area contributed by atoms with Gasteiger partial charge < -0.3 is 14.5 Å². The summed E-state index contributed by atoms with van der Waals surface area (Å²) in [6.45, 7) is 7.42. The van der Waals surface area contributed by atoms with E-state index in [1.54, 1.807) is 24.5 Å². The van der Waals surface area contributed by atoms with E-state index in [1.165, 1.54) is 0 Å². The first-order valence-corrected chi connectivity index (χ1v) is 7.49. The summed E-state index contributed by atoms with van der Waals surface area (Å²) in [6.07, 6.45) is 1.67. The second-order valence-corrected chi connectivity index (χ2v) is 6.68. The van der Waals surface area contributed by atoms with E-state index in [1.807, 2.05) is 6.07 Å². The van der Waals surface area contributed by atoms with Crippen LogP contribution in [0.4, 0.5) is 0 Å². The number of hydrogen-bond donors (Lipinski definition) is 1. The minimum Gasteiger partial charge on any atom is -0.484 e. The Hall–Kier alpha value is -1.16. The maximum absolute atomic E-state index is 6.08. The highest BCUT2D eigenvalue weighted by Gasteiger charge is 2.13. The summed E-state index contributed by atoms with van der Waals surface area (Å²) in [5, 5.41) is 4.50.